The van der Waals surface area contributed by atoms with E-state index in [2.05, 4.69) is 5.32 Å². The van der Waals surface area contributed by atoms with Crippen LogP contribution < -0.4 is 5.32 Å². The van der Waals surface area contributed by atoms with Gasteiger partial charge < -0.3 is 5.32 Å². The van der Waals surface area contributed by atoms with E-state index in [4.69, 9.17) is 0 Å². The molecule has 1 N–H and O–H groups in total. The number of nitrogens with one attached hydrogen (secondary N) is 1. The van der Waals surface area contributed by atoms with E-state index in [9.17, 15) is 10.1 Å². The lowest BCUT2D eigenvalue weighted by molar-refractivity contribution is -0.482. The molecule has 0 heterocycles. The van der Waals surface area contributed by atoms with Gasteiger partial charge in [-0.25, -0.2) is 0 Å². The summed E-state index contributed by atoms with van der Waals surface area (Å²) >= 11 is 0. The van der Waals surface area contributed by atoms with Gasteiger partial charge in [-0.2, -0.15) is 0 Å². The van der Waals surface area contributed by atoms with Crippen molar-refractivity contribution in [1.82, 2.24) is 0 Å². The Hall–Kier alpha value is -2.36. The van der Waals surface area contributed by atoms with Gasteiger partial charge in [0.25, 0.3) is 0 Å². The van der Waals surface area contributed by atoms with Crippen LogP contribution in [0, 0.1) is 24.0 Å². The van der Waals surface area contributed by atoms with Crippen molar-refractivity contribution >= 4 is 5.69 Å². The molecule has 0 saturated heterocycles. The van der Waals surface area contributed by atoms with Crippen molar-refractivity contribution in [3.63, 3.8) is 0 Å². The Morgan fingerprint density at radius 3 is 2.45 bits per heavy atom. The molecular formula is C16H18N2O2. The number of hydrogen-bond acceptors (Lipinski definition) is 3. The van der Waals surface area contributed by atoms with Crippen molar-refractivity contribution in [2.75, 3.05) is 11.9 Å². The summed E-state index contributed by atoms with van der Waals surface area (Å²) in [7, 11) is 0. The van der Waals surface area contributed by atoms with Crippen LogP contribution >= 0.6 is 0 Å². The maximum absolute atomic E-state index is 10.9. The van der Waals surface area contributed by atoms with Gasteiger partial charge >= 0.3 is 0 Å². The first-order chi connectivity index (χ1) is 9.58. The van der Waals surface area contributed by atoms with Gasteiger partial charge in [0.15, 0.2) is 0 Å². The van der Waals surface area contributed by atoms with Crippen LogP contribution in [0.3, 0.4) is 0 Å². The van der Waals surface area contributed by atoms with Crippen LogP contribution in [-0.2, 0) is 0 Å². The zero-order valence-electron chi connectivity index (χ0n) is 11.7. The first-order valence-corrected chi connectivity index (χ1v) is 6.57. The van der Waals surface area contributed by atoms with Gasteiger partial charge in [0, 0.05) is 10.6 Å². The molecule has 2 aromatic rings. The van der Waals surface area contributed by atoms with Crippen LogP contribution in [0.25, 0.3) is 0 Å². The smallest absolute Gasteiger partial charge is 0.227 e. The standard InChI is InChI=1S/C16H18N2O2/c1-12-7-6-10-15(13(12)2)17-16(11-18(19)20)14-8-4-3-5-9-14/h3-10,16-17H,11H2,1-2H3. The molecule has 0 aliphatic heterocycles. The van der Waals surface area contributed by atoms with E-state index in [0.29, 0.717) is 0 Å². The number of nitro groups is 1. The highest BCUT2D eigenvalue weighted by Crippen LogP contribution is 2.24. The minimum Gasteiger partial charge on any atom is -0.372 e. The minimum absolute atomic E-state index is 0.141. The molecule has 0 amide bonds. The largest absolute Gasteiger partial charge is 0.372 e. The van der Waals surface area contributed by atoms with Crippen molar-refractivity contribution in [2.45, 2.75) is 19.9 Å². The van der Waals surface area contributed by atoms with Crippen molar-refractivity contribution in [2.24, 2.45) is 0 Å². The summed E-state index contributed by atoms with van der Waals surface area (Å²) in [5.41, 5.74) is 4.16. The summed E-state index contributed by atoms with van der Waals surface area (Å²) in [5, 5.41) is 14.2. The molecule has 0 bridgehead atoms. The second-order valence-electron chi connectivity index (χ2n) is 4.87. The molecule has 0 radical (unpaired) electrons. The summed E-state index contributed by atoms with van der Waals surface area (Å²) in [6.07, 6.45) is 0. The Morgan fingerprint density at radius 1 is 1.10 bits per heavy atom. The van der Waals surface area contributed by atoms with Gasteiger partial charge in [-0.1, -0.05) is 42.5 Å². The van der Waals surface area contributed by atoms with Crippen LogP contribution in [0.4, 0.5) is 5.69 Å². The highest BCUT2D eigenvalue weighted by Gasteiger charge is 2.18. The fourth-order valence-corrected chi connectivity index (χ4v) is 2.16. The number of hydrogen-bond donors (Lipinski definition) is 1. The second-order valence-corrected chi connectivity index (χ2v) is 4.87. The number of nitrogens with zero attached hydrogens (tertiary/aromatic N) is 1. The molecule has 0 fully saturated rings. The lowest BCUT2D eigenvalue weighted by Crippen LogP contribution is -2.20. The summed E-state index contributed by atoms with van der Waals surface area (Å²) < 4.78 is 0. The quantitative estimate of drug-likeness (QED) is 0.665. The number of aryl methyl sites for hydroxylation is 1. The molecule has 0 saturated carbocycles. The third-order valence-corrected chi connectivity index (χ3v) is 3.47. The first kappa shape index (κ1) is 14.1. The Bertz CT molecular complexity index is 597. The summed E-state index contributed by atoms with van der Waals surface area (Å²) in [6, 6.07) is 15.1. The molecule has 104 valence electrons. The van der Waals surface area contributed by atoms with Crippen molar-refractivity contribution in [3.05, 3.63) is 75.3 Å². The topological polar surface area (TPSA) is 55.2 Å². The summed E-state index contributed by atoms with van der Waals surface area (Å²) in [5.74, 6) is 0. The van der Waals surface area contributed by atoms with E-state index < -0.39 is 0 Å². The van der Waals surface area contributed by atoms with Crippen LogP contribution in [0.2, 0.25) is 0 Å². The van der Waals surface area contributed by atoms with E-state index in [1.165, 1.54) is 5.56 Å². The maximum Gasteiger partial charge on any atom is 0.227 e. The first-order valence-electron chi connectivity index (χ1n) is 6.57. The zero-order valence-corrected chi connectivity index (χ0v) is 11.7. The predicted octanol–water partition coefficient (Wildman–Crippen LogP) is 3.73. The highest BCUT2D eigenvalue weighted by molar-refractivity contribution is 5.55. The molecule has 4 heteroatoms. The fraction of sp³-hybridized carbons (Fsp3) is 0.250. The molecule has 4 nitrogen and oxygen atoms in total. The Balaban J connectivity index is 2.29. The lowest BCUT2D eigenvalue weighted by atomic mass is 10.0. The van der Waals surface area contributed by atoms with Crippen molar-refractivity contribution in [1.29, 1.82) is 0 Å². The normalized spacial score (nSPS) is 11.9. The lowest BCUT2D eigenvalue weighted by Gasteiger charge is -2.19. The molecule has 0 spiro atoms. The van der Waals surface area contributed by atoms with Gasteiger partial charge in [0.05, 0.1) is 0 Å². The van der Waals surface area contributed by atoms with E-state index in [0.717, 1.165) is 16.8 Å². The zero-order chi connectivity index (χ0) is 14.5. The molecule has 2 rings (SSSR count). The van der Waals surface area contributed by atoms with Crippen LogP contribution in [0.1, 0.15) is 22.7 Å². The SMILES string of the molecule is Cc1cccc(NC(C[N+](=O)[O-])c2ccccc2)c1C. The minimum atomic E-state index is -0.327. The molecule has 1 atom stereocenters. The van der Waals surface area contributed by atoms with Crippen LogP contribution in [-0.4, -0.2) is 11.5 Å². The van der Waals surface area contributed by atoms with Gasteiger partial charge in [-0.3, -0.25) is 10.1 Å². The van der Waals surface area contributed by atoms with Crippen molar-refractivity contribution < 1.29 is 4.92 Å². The molecule has 0 aromatic heterocycles. The fourth-order valence-electron chi connectivity index (χ4n) is 2.16. The number of rotatable bonds is 5. The second kappa shape index (κ2) is 6.19. The summed E-state index contributed by atoms with van der Waals surface area (Å²) in [6.45, 7) is 3.91. The molecular weight excluding hydrogens is 252 g/mol. The third kappa shape index (κ3) is 3.35. The van der Waals surface area contributed by atoms with E-state index in [1.807, 2.05) is 62.4 Å². The van der Waals surface area contributed by atoms with E-state index in [-0.39, 0.29) is 17.5 Å². The maximum atomic E-state index is 10.9. The average Bonchev–Trinajstić information content (AvgIpc) is 2.43. The molecule has 0 aliphatic rings. The Labute approximate surface area is 118 Å². The molecule has 1 unspecified atom stereocenters. The average molecular weight is 270 g/mol. The van der Waals surface area contributed by atoms with E-state index in [1.54, 1.807) is 0 Å². The Kier molecular flexibility index (Phi) is 4.35. The Morgan fingerprint density at radius 2 is 1.80 bits per heavy atom. The molecule has 2 aromatic carbocycles. The van der Waals surface area contributed by atoms with Gasteiger partial charge in [0.1, 0.15) is 6.04 Å². The van der Waals surface area contributed by atoms with Crippen molar-refractivity contribution in [3.8, 4) is 0 Å². The predicted molar refractivity (Wildman–Crippen MR) is 80.6 cm³/mol. The molecule has 0 aliphatic carbocycles. The van der Waals surface area contributed by atoms with Gasteiger partial charge in [-0.05, 0) is 36.6 Å². The highest BCUT2D eigenvalue weighted by atomic mass is 16.6. The van der Waals surface area contributed by atoms with Crippen LogP contribution in [0.15, 0.2) is 48.5 Å². The number of benzene rings is 2. The van der Waals surface area contributed by atoms with E-state index >= 15 is 0 Å². The van der Waals surface area contributed by atoms with Crippen LogP contribution in [0.5, 0.6) is 0 Å². The van der Waals surface area contributed by atoms with Gasteiger partial charge in [-0.15, -0.1) is 0 Å². The van der Waals surface area contributed by atoms with Gasteiger partial charge in [0.2, 0.25) is 6.54 Å². The summed E-state index contributed by atoms with van der Waals surface area (Å²) in [4.78, 5) is 10.6. The number of anilines is 1. The monoisotopic (exact) mass is 270 g/mol. The molecule has 20 heavy (non-hydrogen) atoms. The third-order valence-electron chi connectivity index (χ3n) is 3.47.